The molecule has 0 aliphatic heterocycles. The maximum atomic E-state index is 4.09. The largest absolute Gasteiger partial charge is 0.360 e. The van der Waals surface area contributed by atoms with Crippen LogP contribution in [0.25, 0.3) is 0 Å². The SMILES string of the molecule is CCNc1nnc(SC(C)CC)s1. The molecule has 0 aliphatic carbocycles. The molecule has 0 aliphatic rings. The maximum absolute atomic E-state index is 4.09. The smallest absolute Gasteiger partial charge is 0.206 e. The highest BCUT2D eigenvalue weighted by Crippen LogP contribution is 2.29. The van der Waals surface area contributed by atoms with E-state index in [-0.39, 0.29) is 0 Å². The zero-order valence-corrected chi connectivity index (χ0v) is 9.84. The van der Waals surface area contributed by atoms with E-state index in [0.29, 0.717) is 5.25 Å². The zero-order valence-electron chi connectivity index (χ0n) is 8.20. The minimum atomic E-state index is 0.627. The van der Waals surface area contributed by atoms with Crippen LogP contribution in [0.3, 0.4) is 0 Å². The van der Waals surface area contributed by atoms with Gasteiger partial charge in [0.2, 0.25) is 5.13 Å². The van der Waals surface area contributed by atoms with E-state index in [4.69, 9.17) is 0 Å². The average molecular weight is 217 g/mol. The standard InChI is InChI=1S/C8H15N3S2/c1-4-6(3)12-8-11-10-7(13-8)9-5-2/h6H,4-5H2,1-3H3,(H,9,10). The van der Waals surface area contributed by atoms with Gasteiger partial charge in [-0.25, -0.2) is 0 Å². The van der Waals surface area contributed by atoms with Crippen molar-refractivity contribution in [3.05, 3.63) is 0 Å². The van der Waals surface area contributed by atoms with Crippen LogP contribution >= 0.6 is 23.1 Å². The quantitative estimate of drug-likeness (QED) is 0.770. The molecular formula is C8H15N3S2. The third kappa shape index (κ3) is 3.52. The van der Waals surface area contributed by atoms with Gasteiger partial charge in [0.25, 0.3) is 0 Å². The van der Waals surface area contributed by atoms with Crippen LogP contribution in [0.15, 0.2) is 4.34 Å². The van der Waals surface area contributed by atoms with E-state index in [1.165, 1.54) is 6.42 Å². The minimum absolute atomic E-state index is 0.627. The molecule has 1 rings (SSSR count). The highest BCUT2D eigenvalue weighted by Gasteiger charge is 2.07. The first-order chi connectivity index (χ1) is 6.26. The van der Waals surface area contributed by atoms with Crippen molar-refractivity contribution < 1.29 is 0 Å². The normalized spacial score (nSPS) is 12.8. The van der Waals surface area contributed by atoms with E-state index < -0.39 is 0 Å². The third-order valence-corrected chi connectivity index (χ3v) is 3.84. The summed E-state index contributed by atoms with van der Waals surface area (Å²) in [6.07, 6.45) is 1.17. The summed E-state index contributed by atoms with van der Waals surface area (Å²) in [5.74, 6) is 0. The van der Waals surface area contributed by atoms with Crippen LogP contribution in [-0.4, -0.2) is 22.0 Å². The third-order valence-electron chi connectivity index (χ3n) is 1.61. The second-order valence-electron chi connectivity index (χ2n) is 2.74. The van der Waals surface area contributed by atoms with Gasteiger partial charge >= 0.3 is 0 Å². The molecule has 0 radical (unpaired) electrons. The van der Waals surface area contributed by atoms with Crippen LogP contribution in [0, 0.1) is 0 Å². The molecule has 0 saturated carbocycles. The Morgan fingerprint density at radius 1 is 1.46 bits per heavy atom. The second-order valence-corrected chi connectivity index (χ2v) is 5.40. The molecule has 5 heteroatoms. The fraction of sp³-hybridized carbons (Fsp3) is 0.750. The van der Waals surface area contributed by atoms with E-state index in [2.05, 4.69) is 36.3 Å². The molecular weight excluding hydrogens is 202 g/mol. The van der Waals surface area contributed by atoms with Gasteiger partial charge in [0, 0.05) is 11.8 Å². The van der Waals surface area contributed by atoms with Crippen LogP contribution in [0.4, 0.5) is 5.13 Å². The van der Waals surface area contributed by atoms with E-state index in [1.807, 2.05) is 0 Å². The lowest BCUT2D eigenvalue weighted by Gasteiger charge is -2.02. The number of aromatic nitrogens is 2. The minimum Gasteiger partial charge on any atom is -0.360 e. The van der Waals surface area contributed by atoms with Crippen molar-refractivity contribution >= 4 is 28.2 Å². The van der Waals surface area contributed by atoms with Crippen molar-refractivity contribution in [3.8, 4) is 0 Å². The van der Waals surface area contributed by atoms with Crippen molar-refractivity contribution in [2.24, 2.45) is 0 Å². The monoisotopic (exact) mass is 217 g/mol. The van der Waals surface area contributed by atoms with E-state index >= 15 is 0 Å². The number of rotatable bonds is 5. The molecule has 0 saturated heterocycles. The molecule has 1 aromatic heterocycles. The number of hydrogen-bond donors (Lipinski definition) is 1. The predicted octanol–water partition coefficient (Wildman–Crippen LogP) is 2.86. The van der Waals surface area contributed by atoms with Crippen molar-refractivity contribution in [3.63, 3.8) is 0 Å². The molecule has 0 amide bonds. The second kappa shape index (κ2) is 5.44. The molecule has 0 bridgehead atoms. The summed E-state index contributed by atoms with van der Waals surface area (Å²) in [4.78, 5) is 0. The summed E-state index contributed by atoms with van der Waals surface area (Å²) < 4.78 is 1.06. The summed E-state index contributed by atoms with van der Waals surface area (Å²) in [5.41, 5.74) is 0. The lowest BCUT2D eigenvalue weighted by atomic mass is 10.4. The summed E-state index contributed by atoms with van der Waals surface area (Å²) in [6.45, 7) is 7.36. The van der Waals surface area contributed by atoms with Crippen molar-refractivity contribution in [1.82, 2.24) is 10.2 Å². The average Bonchev–Trinajstić information content (AvgIpc) is 2.53. The van der Waals surface area contributed by atoms with Crippen molar-refractivity contribution in [2.45, 2.75) is 36.8 Å². The molecule has 1 heterocycles. The Hall–Kier alpha value is -0.290. The topological polar surface area (TPSA) is 37.8 Å². The number of nitrogens with zero attached hydrogens (tertiary/aromatic N) is 2. The van der Waals surface area contributed by atoms with Gasteiger partial charge in [0.05, 0.1) is 0 Å². The number of hydrogen-bond acceptors (Lipinski definition) is 5. The van der Waals surface area contributed by atoms with Crippen LogP contribution in [-0.2, 0) is 0 Å². The Morgan fingerprint density at radius 3 is 2.85 bits per heavy atom. The van der Waals surface area contributed by atoms with E-state index in [0.717, 1.165) is 16.0 Å². The van der Waals surface area contributed by atoms with Crippen LogP contribution in [0.5, 0.6) is 0 Å². The lowest BCUT2D eigenvalue weighted by molar-refractivity contribution is 0.899. The Labute approximate surface area is 87.3 Å². The summed E-state index contributed by atoms with van der Waals surface area (Å²) in [5, 5.41) is 12.8. The number of anilines is 1. The summed E-state index contributed by atoms with van der Waals surface area (Å²) in [6, 6.07) is 0. The molecule has 0 spiro atoms. The zero-order chi connectivity index (χ0) is 9.68. The Bertz CT molecular complexity index is 249. The number of thioether (sulfide) groups is 1. The van der Waals surface area contributed by atoms with Gasteiger partial charge in [-0.05, 0) is 13.3 Å². The Kier molecular flexibility index (Phi) is 4.52. The molecule has 1 atom stereocenters. The van der Waals surface area contributed by atoms with Crippen molar-refractivity contribution in [1.29, 1.82) is 0 Å². The van der Waals surface area contributed by atoms with Gasteiger partial charge in [-0.3, -0.25) is 0 Å². The van der Waals surface area contributed by atoms with Gasteiger partial charge in [-0.1, -0.05) is 36.9 Å². The molecule has 13 heavy (non-hydrogen) atoms. The van der Waals surface area contributed by atoms with Crippen LogP contribution < -0.4 is 5.32 Å². The van der Waals surface area contributed by atoms with Crippen LogP contribution in [0.1, 0.15) is 27.2 Å². The molecule has 1 aromatic rings. The maximum Gasteiger partial charge on any atom is 0.206 e. The predicted molar refractivity (Wildman–Crippen MR) is 59.7 cm³/mol. The fourth-order valence-corrected chi connectivity index (χ4v) is 2.80. The molecule has 74 valence electrons. The fourth-order valence-electron chi connectivity index (χ4n) is 0.735. The first-order valence-corrected chi connectivity index (χ1v) is 6.19. The molecule has 0 aromatic carbocycles. The molecule has 0 fully saturated rings. The summed E-state index contributed by atoms with van der Waals surface area (Å²) >= 11 is 3.43. The van der Waals surface area contributed by atoms with Gasteiger partial charge in [0.15, 0.2) is 4.34 Å². The summed E-state index contributed by atoms with van der Waals surface area (Å²) in [7, 11) is 0. The number of nitrogens with one attached hydrogen (secondary N) is 1. The van der Waals surface area contributed by atoms with Gasteiger partial charge < -0.3 is 5.32 Å². The van der Waals surface area contributed by atoms with Crippen LogP contribution in [0.2, 0.25) is 0 Å². The Balaban J connectivity index is 2.48. The highest BCUT2D eigenvalue weighted by molar-refractivity contribution is 8.01. The first-order valence-electron chi connectivity index (χ1n) is 4.50. The lowest BCUT2D eigenvalue weighted by Crippen LogP contribution is -1.94. The van der Waals surface area contributed by atoms with Gasteiger partial charge in [0.1, 0.15) is 0 Å². The first kappa shape index (κ1) is 10.8. The van der Waals surface area contributed by atoms with E-state index in [1.54, 1.807) is 23.1 Å². The molecule has 1 unspecified atom stereocenters. The molecule has 3 nitrogen and oxygen atoms in total. The van der Waals surface area contributed by atoms with E-state index in [9.17, 15) is 0 Å². The van der Waals surface area contributed by atoms with Gasteiger partial charge in [-0.2, -0.15) is 0 Å². The Morgan fingerprint density at radius 2 is 2.23 bits per heavy atom. The van der Waals surface area contributed by atoms with Gasteiger partial charge in [-0.15, -0.1) is 10.2 Å². The van der Waals surface area contributed by atoms with Crippen molar-refractivity contribution in [2.75, 3.05) is 11.9 Å². The molecule has 1 N–H and O–H groups in total. The highest BCUT2D eigenvalue weighted by atomic mass is 32.2.